The molecule has 0 bridgehead atoms. The van der Waals surface area contributed by atoms with E-state index in [9.17, 15) is 5.11 Å². The van der Waals surface area contributed by atoms with Gasteiger partial charge in [-0.05, 0) is 24.4 Å². The van der Waals surface area contributed by atoms with Crippen LogP contribution in [0.25, 0.3) is 10.4 Å². The maximum atomic E-state index is 9.35. The summed E-state index contributed by atoms with van der Waals surface area (Å²) in [5.41, 5.74) is 8.04. The van der Waals surface area contributed by atoms with Crippen molar-refractivity contribution in [2.24, 2.45) is 11.0 Å². The quantitative estimate of drug-likeness (QED) is 0.342. The molecule has 0 aromatic rings. The van der Waals surface area contributed by atoms with Gasteiger partial charge in [0.2, 0.25) is 0 Å². The minimum absolute atomic E-state index is 0.146. The zero-order valence-corrected chi connectivity index (χ0v) is 6.27. The Balaban J connectivity index is 2.35. The van der Waals surface area contributed by atoms with E-state index in [-0.39, 0.29) is 12.0 Å². The first-order valence-electron chi connectivity index (χ1n) is 3.74. The van der Waals surface area contributed by atoms with Crippen molar-refractivity contribution in [3.63, 3.8) is 0 Å². The second-order valence-corrected chi connectivity index (χ2v) is 2.73. The number of nitrogens with zero attached hydrogens (tertiary/aromatic N) is 3. The number of hydrogen-bond acceptors (Lipinski definition) is 3. The lowest BCUT2D eigenvalue weighted by atomic mass is 9.95. The van der Waals surface area contributed by atoms with Crippen molar-refractivity contribution < 1.29 is 5.11 Å². The second-order valence-electron chi connectivity index (χ2n) is 2.73. The Labute approximate surface area is 65.0 Å². The van der Waals surface area contributed by atoms with Gasteiger partial charge in [-0.2, -0.15) is 0 Å². The van der Waals surface area contributed by atoms with E-state index in [1.54, 1.807) is 0 Å². The minimum atomic E-state index is -0.353. The zero-order chi connectivity index (χ0) is 8.10. The summed E-state index contributed by atoms with van der Waals surface area (Å²) >= 11 is 0. The summed E-state index contributed by atoms with van der Waals surface area (Å²) in [5, 5.41) is 15.8. The largest absolute Gasteiger partial charge is 0.392 e. The molecule has 0 spiro atoms. The van der Waals surface area contributed by atoms with Crippen LogP contribution in [0.4, 0.5) is 0 Å². The van der Waals surface area contributed by atoms with Crippen LogP contribution in [0.2, 0.25) is 0 Å². The Morgan fingerprint density at radius 3 is 3.18 bits per heavy atom. The molecule has 1 heterocycles. The lowest BCUT2D eigenvalue weighted by Gasteiger charge is -2.26. The molecular formula is C6H12N4O. The molecular weight excluding hydrogens is 144 g/mol. The zero-order valence-electron chi connectivity index (χ0n) is 6.27. The lowest BCUT2D eigenvalue weighted by molar-refractivity contribution is 0.0863. The van der Waals surface area contributed by atoms with Gasteiger partial charge < -0.3 is 10.4 Å². The van der Waals surface area contributed by atoms with Crippen LogP contribution >= 0.6 is 0 Å². The van der Waals surface area contributed by atoms with Crippen LogP contribution in [-0.2, 0) is 0 Å². The minimum Gasteiger partial charge on any atom is -0.392 e. The average molecular weight is 156 g/mol. The lowest BCUT2D eigenvalue weighted by Crippen LogP contribution is -2.41. The maximum Gasteiger partial charge on any atom is 0.0694 e. The van der Waals surface area contributed by atoms with Crippen molar-refractivity contribution in [1.82, 2.24) is 5.32 Å². The van der Waals surface area contributed by atoms with Gasteiger partial charge in [0.15, 0.2) is 0 Å². The van der Waals surface area contributed by atoms with Gasteiger partial charge in [-0.3, -0.25) is 0 Å². The van der Waals surface area contributed by atoms with E-state index in [4.69, 9.17) is 5.53 Å². The second kappa shape index (κ2) is 4.18. The third-order valence-electron chi connectivity index (χ3n) is 1.97. The van der Waals surface area contributed by atoms with Crippen molar-refractivity contribution in [2.45, 2.75) is 12.5 Å². The van der Waals surface area contributed by atoms with Crippen LogP contribution in [0.1, 0.15) is 6.42 Å². The van der Waals surface area contributed by atoms with Gasteiger partial charge in [-0.1, -0.05) is 5.11 Å². The van der Waals surface area contributed by atoms with Crippen LogP contribution in [-0.4, -0.2) is 30.8 Å². The van der Waals surface area contributed by atoms with Gasteiger partial charge in [0.05, 0.1) is 6.10 Å². The van der Waals surface area contributed by atoms with Crippen molar-refractivity contribution in [2.75, 3.05) is 19.6 Å². The predicted molar refractivity (Wildman–Crippen MR) is 41.0 cm³/mol. The fraction of sp³-hybridized carbons (Fsp3) is 1.00. The van der Waals surface area contributed by atoms with E-state index in [0.717, 1.165) is 13.0 Å². The van der Waals surface area contributed by atoms with Crippen molar-refractivity contribution in [3.05, 3.63) is 10.4 Å². The molecule has 1 aliphatic heterocycles. The van der Waals surface area contributed by atoms with Crippen LogP contribution in [0.3, 0.4) is 0 Å². The SMILES string of the molecule is [N-]=[N+]=NC[C@H]1CCNC[C@@H]1O. The first-order valence-corrected chi connectivity index (χ1v) is 3.74. The third-order valence-corrected chi connectivity index (χ3v) is 1.97. The molecule has 0 aliphatic carbocycles. The number of rotatable bonds is 2. The summed E-state index contributed by atoms with van der Waals surface area (Å²) in [6.45, 7) is 1.94. The number of azide groups is 1. The molecule has 1 saturated heterocycles. The van der Waals surface area contributed by atoms with Crippen LogP contribution < -0.4 is 5.32 Å². The normalized spacial score (nSPS) is 31.0. The van der Waals surface area contributed by atoms with Gasteiger partial charge in [0, 0.05) is 18.0 Å². The molecule has 1 aliphatic rings. The molecule has 0 saturated carbocycles. The van der Waals surface area contributed by atoms with Crippen molar-refractivity contribution >= 4 is 0 Å². The van der Waals surface area contributed by atoms with Crippen molar-refractivity contribution in [1.29, 1.82) is 0 Å². The third kappa shape index (κ3) is 2.38. The number of aliphatic hydroxyl groups is 1. The molecule has 0 unspecified atom stereocenters. The summed E-state index contributed by atoms with van der Waals surface area (Å²) in [5.74, 6) is 0.146. The van der Waals surface area contributed by atoms with Crippen LogP contribution in [0.15, 0.2) is 5.11 Å². The molecule has 0 aromatic heterocycles. The highest BCUT2D eigenvalue weighted by molar-refractivity contribution is 4.78. The van der Waals surface area contributed by atoms with Gasteiger partial charge in [0.1, 0.15) is 0 Å². The number of aliphatic hydroxyl groups excluding tert-OH is 1. The maximum absolute atomic E-state index is 9.35. The fourth-order valence-corrected chi connectivity index (χ4v) is 1.25. The molecule has 2 N–H and O–H groups in total. The monoisotopic (exact) mass is 156 g/mol. The predicted octanol–water partition coefficient (Wildman–Crippen LogP) is 0.267. The van der Waals surface area contributed by atoms with Crippen LogP contribution in [0.5, 0.6) is 0 Å². The Kier molecular flexibility index (Phi) is 3.16. The standard InChI is InChI=1S/C6H12N4O/c7-10-9-3-5-1-2-8-4-6(5)11/h5-6,8,11H,1-4H2/t5-,6+/m1/s1. The number of β-amino-alcohol motifs (C(OH)–C–C–N with tert-alkyl or cyclic N) is 1. The average Bonchev–Trinajstić information content (AvgIpc) is 2.03. The summed E-state index contributed by atoms with van der Waals surface area (Å²) in [4.78, 5) is 2.66. The molecule has 11 heavy (non-hydrogen) atoms. The van der Waals surface area contributed by atoms with Gasteiger partial charge >= 0.3 is 0 Å². The highest BCUT2D eigenvalue weighted by atomic mass is 16.3. The first kappa shape index (κ1) is 8.33. The molecule has 5 heteroatoms. The van der Waals surface area contributed by atoms with E-state index in [1.807, 2.05) is 0 Å². The molecule has 0 aromatic carbocycles. The molecule has 1 fully saturated rings. The molecule has 0 amide bonds. The first-order chi connectivity index (χ1) is 5.34. The van der Waals surface area contributed by atoms with E-state index in [0.29, 0.717) is 13.1 Å². The highest BCUT2D eigenvalue weighted by Gasteiger charge is 2.21. The topological polar surface area (TPSA) is 81.0 Å². The molecule has 0 radical (unpaired) electrons. The number of piperidine rings is 1. The molecule has 62 valence electrons. The summed E-state index contributed by atoms with van der Waals surface area (Å²) in [7, 11) is 0. The smallest absolute Gasteiger partial charge is 0.0694 e. The van der Waals surface area contributed by atoms with E-state index < -0.39 is 0 Å². The number of hydrogen-bond donors (Lipinski definition) is 2. The fourth-order valence-electron chi connectivity index (χ4n) is 1.25. The molecule has 1 rings (SSSR count). The summed E-state index contributed by atoms with van der Waals surface area (Å²) in [6.07, 6.45) is 0.537. The van der Waals surface area contributed by atoms with Crippen molar-refractivity contribution in [3.8, 4) is 0 Å². The highest BCUT2D eigenvalue weighted by Crippen LogP contribution is 2.12. The van der Waals surface area contributed by atoms with E-state index in [2.05, 4.69) is 15.3 Å². The Hall–Kier alpha value is -0.770. The Morgan fingerprint density at radius 2 is 2.55 bits per heavy atom. The van der Waals surface area contributed by atoms with E-state index in [1.165, 1.54) is 0 Å². The van der Waals surface area contributed by atoms with Gasteiger partial charge in [0.25, 0.3) is 0 Å². The van der Waals surface area contributed by atoms with Crippen LogP contribution in [0, 0.1) is 5.92 Å². The molecule has 2 atom stereocenters. The number of nitrogens with one attached hydrogen (secondary N) is 1. The van der Waals surface area contributed by atoms with Gasteiger partial charge in [-0.15, -0.1) is 0 Å². The Bertz CT molecular complexity index is 166. The molecule has 5 nitrogen and oxygen atoms in total. The van der Waals surface area contributed by atoms with E-state index >= 15 is 0 Å². The van der Waals surface area contributed by atoms with Gasteiger partial charge in [-0.25, -0.2) is 0 Å². The summed E-state index contributed by atoms with van der Waals surface area (Å²) < 4.78 is 0. The summed E-state index contributed by atoms with van der Waals surface area (Å²) in [6, 6.07) is 0. The Morgan fingerprint density at radius 1 is 1.73 bits per heavy atom.